The van der Waals surface area contributed by atoms with Crippen molar-refractivity contribution in [1.82, 2.24) is 19.8 Å². The molecule has 124 valence electrons. The van der Waals surface area contributed by atoms with Crippen molar-refractivity contribution in [3.05, 3.63) is 47.8 Å². The minimum Gasteiger partial charge on any atom is -0.362 e. The van der Waals surface area contributed by atoms with Crippen LogP contribution in [0.5, 0.6) is 0 Å². The fourth-order valence-electron chi connectivity index (χ4n) is 2.80. The van der Waals surface area contributed by atoms with Gasteiger partial charge in [0.1, 0.15) is 5.82 Å². The first kappa shape index (κ1) is 15.4. The zero-order chi connectivity index (χ0) is 16.5. The molecule has 1 aliphatic carbocycles. The molecule has 2 aromatic heterocycles. The second kappa shape index (κ2) is 6.43. The summed E-state index contributed by atoms with van der Waals surface area (Å²) in [6.45, 7) is 4.33. The van der Waals surface area contributed by atoms with Gasteiger partial charge >= 0.3 is 0 Å². The van der Waals surface area contributed by atoms with Gasteiger partial charge in [0.15, 0.2) is 11.5 Å². The number of aromatic nitrogens is 4. The lowest BCUT2D eigenvalue weighted by Gasteiger charge is -2.15. The van der Waals surface area contributed by atoms with Crippen LogP contribution in [0.3, 0.4) is 0 Å². The van der Waals surface area contributed by atoms with Crippen molar-refractivity contribution in [3.8, 4) is 0 Å². The summed E-state index contributed by atoms with van der Waals surface area (Å²) < 4.78 is 1.88. The third-order valence-electron chi connectivity index (χ3n) is 4.28. The number of thioether (sulfide) groups is 1. The Morgan fingerprint density at radius 3 is 2.67 bits per heavy atom. The molecule has 0 spiro atoms. The maximum Gasteiger partial charge on any atom is 0.178 e. The van der Waals surface area contributed by atoms with E-state index in [9.17, 15) is 0 Å². The largest absolute Gasteiger partial charge is 0.362 e. The number of anilines is 1. The summed E-state index contributed by atoms with van der Waals surface area (Å²) in [5.74, 6) is 3.47. The second-order valence-corrected chi connectivity index (χ2v) is 7.53. The number of hydrogen-bond donors (Lipinski definition) is 1. The van der Waals surface area contributed by atoms with E-state index in [-0.39, 0.29) is 6.04 Å². The molecular weight excluding hydrogens is 318 g/mol. The summed E-state index contributed by atoms with van der Waals surface area (Å²) in [5.41, 5.74) is 2.07. The number of hydrogen-bond acceptors (Lipinski definition) is 5. The fraction of sp³-hybridized carbons (Fsp3) is 0.389. The van der Waals surface area contributed by atoms with Crippen LogP contribution >= 0.6 is 11.8 Å². The molecule has 0 amide bonds. The molecule has 1 fully saturated rings. The molecule has 5 nitrogen and oxygen atoms in total. The molecule has 0 saturated heterocycles. The Kier molecular flexibility index (Phi) is 4.14. The Balaban J connectivity index is 1.53. The zero-order valence-electron chi connectivity index (χ0n) is 13.9. The summed E-state index contributed by atoms with van der Waals surface area (Å²) in [5, 5.41) is 16.7. The fourth-order valence-corrected chi connectivity index (χ4v) is 3.46. The van der Waals surface area contributed by atoms with Crippen LogP contribution in [0.4, 0.5) is 5.82 Å². The van der Waals surface area contributed by atoms with Crippen LogP contribution in [-0.2, 0) is 0 Å². The molecule has 1 saturated carbocycles. The van der Waals surface area contributed by atoms with Crippen LogP contribution in [0.25, 0.3) is 5.65 Å². The molecule has 1 N–H and O–H groups in total. The highest BCUT2D eigenvalue weighted by Gasteiger charge is 2.29. The van der Waals surface area contributed by atoms with Gasteiger partial charge in [-0.25, -0.2) is 0 Å². The van der Waals surface area contributed by atoms with Gasteiger partial charge in [0.25, 0.3) is 0 Å². The molecule has 1 aliphatic rings. The normalized spacial score (nSPS) is 15.6. The van der Waals surface area contributed by atoms with Gasteiger partial charge in [-0.3, -0.25) is 0 Å². The van der Waals surface area contributed by atoms with E-state index in [0.29, 0.717) is 5.92 Å². The van der Waals surface area contributed by atoms with Crippen LogP contribution < -0.4 is 5.32 Å². The lowest BCUT2D eigenvalue weighted by molar-refractivity contribution is 0.798. The molecule has 24 heavy (non-hydrogen) atoms. The van der Waals surface area contributed by atoms with Gasteiger partial charge in [0.2, 0.25) is 0 Å². The molecular formula is C18H21N5S. The van der Waals surface area contributed by atoms with Gasteiger partial charge < -0.3 is 5.32 Å². The van der Waals surface area contributed by atoms with Crippen molar-refractivity contribution in [3.63, 3.8) is 0 Å². The summed E-state index contributed by atoms with van der Waals surface area (Å²) in [6, 6.07) is 12.9. The average Bonchev–Trinajstić information content (AvgIpc) is 3.35. The molecule has 1 unspecified atom stereocenters. The smallest absolute Gasteiger partial charge is 0.178 e. The van der Waals surface area contributed by atoms with Crippen molar-refractivity contribution in [2.75, 3.05) is 11.1 Å². The van der Waals surface area contributed by atoms with Crippen molar-refractivity contribution in [2.24, 2.45) is 0 Å². The van der Waals surface area contributed by atoms with Crippen LogP contribution in [-0.4, -0.2) is 25.6 Å². The predicted molar refractivity (Wildman–Crippen MR) is 97.6 cm³/mol. The SMILES string of the molecule is CCSc1ccc(C(C)Nc2ccc3nnc(C4CC4)n3n2)cc1. The van der Waals surface area contributed by atoms with Gasteiger partial charge in [0.05, 0.1) is 0 Å². The van der Waals surface area contributed by atoms with E-state index in [4.69, 9.17) is 0 Å². The number of nitrogens with zero attached hydrogens (tertiary/aromatic N) is 4. The van der Waals surface area contributed by atoms with Crippen LogP contribution in [0.1, 0.15) is 50.0 Å². The Bertz CT molecular complexity index is 838. The average molecular weight is 339 g/mol. The van der Waals surface area contributed by atoms with Crippen LogP contribution in [0.2, 0.25) is 0 Å². The first-order valence-electron chi connectivity index (χ1n) is 8.46. The second-order valence-electron chi connectivity index (χ2n) is 6.19. The Morgan fingerprint density at radius 1 is 1.17 bits per heavy atom. The van der Waals surface area contributed by atoms with E-state index in [2.05, 4.69) is 58.7 Å². The Morgan fingerprint density at radius 2 is 1.96 bits per heavy atom. The molecule has 6 heteroatoms. The third kappa shape index (κ3) is 3.11. The minimum atomic E-state index is 0.191. The summed E-state index contributed by atoms with van der Waals surface area (Å²) in [4.78, 5) is 1.31. The van der Waals surface area contributed by atoms with Crippen LogP contribution in [0.15, 0.2) is 41.3 Å². The number of rotatable bonds is 6. The molecule has 3 aromatic rings. The van der Waals surface area contributed by atoms with Crippen LogP contribution in [0, 0.1) is 0 Å². The molecule has 4 rings (SSSR count). The van der Waals surface area contributed by atoms with Gasteiger partial charge in [-0.15, -0.1) is 27.1 Å². The zero-order valence-corrected chi connectivity index (χ0v) is 14.8. The molecule has 0 radical (unpaired) electrons. The maximum absolute atomic E-state index is 4.69. The highest BCUT2D eigenvalue weighted by Crippen LogP contribution is 2.38. The van der Waals surface area contributed by atoms with Crippen molar-refractivity contribution in [1.29, 1.82) is 0 Å². The van der Waals surface area contributed by atoms with Crippen molar-refractivity contribution < 1.29 is 0 Å². The summed E-state index contributed by atoms with van der Waals surface area (Å²) in [7, 11) is 0. The first-order chi connectivity index (χ1) is 11.7. The van der Waals surface area contributed by atoms with E-state index in [1.165, 1.54) is 23.3 Å². The molecule has 2 heterocycles. The number of benzene rings is 1. The third-order valence-corrected chi connectivity index (χ3v) is 5.18. The topological polar surface area (TPSA) is 55.1 Å². The monoisotopic (exact) mass is 339 g/mol. The molecule has 0 aliphatic heterocycles. The molecule has 0 bridgehead atoms. The van der Waals surface area contributed by atoms with E-state index >= 15 is 0 Å². The van der Waals surface area contributed by atoms with Gasteiger partial charge in [0, 0.05) is 16.9 Å². The highest BCUT2D eigenvalue weighted by atomic mass is 32.2. The standard InChI is InChI=1S/C18H21N5S/c1-3-24-15-8-6-13(7-9-15)12(2)19-16-10-11-17-20-21-18(14-4-5-14)23(17)22-16/h6-12,14H,3-5H2,1-2H3,(H,19,22). The lowest BCUT2D eigenvalue weighted by atomic mass is 10.1. The van der Waals surface area contributed by atoms with Crippen molar-refractivity contribution in [2.45, 2.75) is 43.5 Å². The predicted octanol–water partition coefficient (Wildman–Crippen LogP) is 4.29. The maximum atomic E-state index is 4.69. The Labute approximate surface area is 145 Å². The van der Waals surface area contributed by atoms with Gasteiger partial charge in [-0.1, -0.05) is 19.1 Å². The van der Waals surface area contributed by atoms with Gasteiger partial charge in [-0.05, 0) is 55.3 Å². The number of nitrogens with one attached hydrogen (secondary N) is 1. The lowest BCUT2D eigenvalue weighted by Crippen LogP contribution is -2.10. The number of fused-ring (bicyclic) bond motifs is 1. The van der Waals surface area contributed by atoms with E-state index in [1.54, 1.807) is 0 Å². The van der Waals surface area contributed by atoms with Crippen molar-refractivity contribution >= 4 is 23.2 Å². The summed E-state index contributed by atoms with van der Waals surface area (Å²) >= 11 is 1.86. The summed E-state index contributed by atoms with van der Waals surface area (Å²) in [6.07, 6.45) is 2.39. The highest BCUT2D eigenvalue weighted by molar-refractivity contribution is 7.99. The minimum absolute atomic E-state index is 0.191. The van der Waals surface area contributed by atoms with Gasteiger partial charge in [-0.2, -0.15) is 4.52 Å². The first-order valence-corrected chi connectivity index (χ1v) is 9.45. The Hall–Kier alpha value is -2.08. The molecule has 1 atom stereocenters. The van der Waals surface area contributed by atoms with E-state index in [1.807, 2.05) is 28.4 Å². The van der Waals surface area contributed by atoms with E-state index < -0.39 is 0 Å². The molecule has 1 aromatic carbocycles. The van der Waals surface area contributed by atoms with E-state index in [0.717, 1.165) is 23.0 Å². The quantitative estimate of drug-likeness (QED) is 0.679.